The molecule has 2 fully saturated rings. The van der Waals surface area contributed by atoms with Crippen LogP contribution in [-0.2, 0) is 4.74 Å². The van der Waals surface area contributed by atoms with Crippen LogP contribution in [0.1, 0.15) is 71.1 Å². The Morgan fingerprint density at radius 3 is 2.47 bits per heavy atom. The van der Waals surface area contributed by atoms with Crippen molar-refractivity contribution in [3.05, 3.63) is 0 Å². The van der Waals surface area contributed by atoms with E-state index >= 15 is 0 Å². The van der Waals surface area contributed by atoms with Crippen molar-refractivity contribution < 1.29 is 4.74 Å². The number of hydrogen-bond donors (Lipinski definition) is 1. The molecular weight excluding hydrogens is 234 g/mol. The molecule has 1 N–H and O–H groups in total. The maximum Gasteiger partial charge on any atom is 0.0622 e. The lowest BCUT2D eigenvalue weighted by atomic mass is 9.83. The Morgan fingerprint density at radius 1 is 1.05 bits per heavy atom. The highest BCUT2D eigenvalue weighted by atomic mass is 16.5. The Kier molecular flexibility index (Phi) is 7.23. The molecule has 2 aliphatic carbocycles. The van der Waals surface area contributed by atoms with Crippen LogP contribution in [-0.4, -0.2) is 25.8 Å². The first kappa shape index (κ1) is 15.3. The van der Waals surface area contributed by atoms with Crippen molar-refractivity contribution in [3.8, 4) is 0 Å². The Hall–Kier alpha value is -0.0800. The number of ether oxygens (including phenoxy) is 1. The fourth-order valence-electron chi connectivity index (χ4n) is 3.47. The number of hydrogen-bond acceptors (Lipinski definition) is 2. The molecule has 0 aliphatic heterocycles. The normalized spacial score (nSPS) is 23.2. The Bertz CT molecular complexity index is 221. The van der Waals surface area contributed by atoms with E-state index in [1.165, 1.54) is 64.2 Å². The molecule has 0 saturated heterocycles. The van der Waals surface area contributed by atoms with Gasteiger partial charge in [-0.2, -0.15) is 0 Å². The highest BCUT2D eigenvalue weighted by Crippen LogP contribution is 2.29. The minimum atomic E-state index is 0.613. The van der Waals surface area contributed by atoms with Crippen LogP contribution in [0.25, 0.3) is 0 Å². The van der Waals surface area contributed by atoms with Crippen LogP contribution in [0.15, 0.2) is 0 Å². The molecule has 0 heterocycles. The molecule has 2 heteroatoms. The lowest BCUT2D eigenvalue weighted by Crippen LogP contribution is -2.41. The van der Waals surface area contributed by atoms with Gasteiger partial charge in [0.2, 0.25) is 0 Å². The summed E-state index contributed by atoms with van der Waals surface area (Å²) in [6.45, 7) is 5.33. The van der Waals surface area contributed by atoms with Crippen molar-refractivity contribution in [1.29, 1.82) is 0 Å². The van der Waals surface area contributed by atoms with Crippen LogP contribution in [0.3, 0.4) is 0 Å². The van der Waals surface area contributed by atoms with Crippen LogP contribution in [0.4, 0.5) is 0 Å². The molecule has 0 aromatic carbocycles. The van der Waals surface area contributed by atoms with Gasteiger partial charge in [-0.25, -0.2) is 0 Å². The Morgan fingerprint density at radius 2 is 1.84 bits per heavy atom. The molecule has 1 atom stereocenters. The zero-order valence-corrected chi connectivity index (χ0v) is 12.8. The molecule has 2 nitrogen and oxygen atoms in total. The third kappa shape index (κ3) is 5.43. The first-order chi connectivity index (χ1) is 9.40. The van der Waals surface area contributed by atoms with E-state index in [2.05, 4.69) is 12.2 Å². The molecule has 2 saturated carbocycles. The second kappa shape index (κ2) is 8.97. The zero-order chi connectivity index (χ0) is 13.3. The predicted octanol–water partition coefficient (Wildman–Crippen LogP) is 4.14. The van der Waals surface area contributed by atoms with Gasteiger partial charge < -0.3 is 10.1 Å². The minimum absolute atomic E-state index is 0.613. The van der Waals surface area contributed by atoms with Gasteiger partial charge in [0, 0.05) is 12.6 Å². The third-order valence-corrected chi connectivity index (χ3v) is 5.07. The second-order valence-electron chi connectivity index (χ2n) is 6.62. The average molecular weight is 267 g/mol. The standard InChI is InChI=1S/C17H33NO/c1-2-12-18-17(16-9-4-3-5-10-16)14-19-13-11-15-7-6-8-15/h15-18H,2-14H2,1H3. The summed E-state index contributed by atoms with van der Waals surface area (Å²) >= 11 is 0. The van der Waals surface area contributed by atoms with Gasteiger partial charge in [-0.15, -0.1) is 0 Å². The van der Waals surface area contributed by atoms with E-state index in [1.54, 1.807) is 0 Å². The summed E-state index contributed by atoms with van der Waals surface area (Å²) in [7, 11) is 0. The summed E-state index contributed by atoms with van der Waals surface area (Å²) < 4.78 is 5.99. The summed E-state index contributed by atoms with van der Waals surface area (Å²) in [5.41, 5.74) is 0. The molecule has 0 spiro atoms. The van der Waals surface area contributed by atoms with Crippen LogP contribution in [0.5, 0.6) is 0 Å². The lowest BCUT2D eigenvalue weighted by Gasteiger charge is -2.31. The molecule has 19 heavy (non-hydrogen) atoms. The maximum atomic E-state index is 5.99. The van der Waals surface area contributed by atoms with Crippen molar-refractivity contribution in [1.82, 2.24) is 5.32 Å². The fraction of sp³-hybridized carbons (Fsp3) is 1.00. The van der Waals surface area contributed by atoms with Gasteiger partial charge in [0.1, 0.15) is 0 Å². The van der Waals surface area contributed by atoms with E-state index in [9.17, 15) is 0 Å². The first-order valence-corrected chi connectivity index (χ1v) is 8.71. The van der Waals surface area contributed by atoms with Gasteiger partial charge in [0.25, 0.3) is 0 Å². The molecule has 0 bridgehead atoms. The monoisotopic (exact) mass is 267 g/mol. The average Bonchev–Trinajstić information content (AvgIpc) is 2.41. The van der Waals surface area contributed by atoms with E-state index in [-0.39, 0.29) is 0 Å². The van der Waals surface area contributed by atoms with E-state index in [1.807, 2.05) is 0 Å². The molecule has 0 radical (unpaired) electrons. The lowest BCUT2D eigenvalue weighted by molar-refractivity contribution is 0.0683. The van der Waals surface area contributed by atoms with Gasteiger partial charge >= 0.3 is 0 Å². The molecule has 2 aliphatic rings. The fourth-order valence-corrected chi connectivity index (χ4v) is 3.47. The van der Waals surface area contributed by atoms with Crippen molar-refractivity contribution in [2.75, 3.05) is 19.8 Å². The van der Waals surface area contributed by atoms with Crippen LogP contribution < -0.4 is 5.32 Å². The molecule has 0 amide bonds. The molecule has 2 rings (SSSR count). The van der Waals surface area contributed by atoms with Crippen molar-refractivity contribution >= 4 is 0 Å². The zero-order valence-electron chi connectivity index (χ0n) is 12.8. The molecule has 1 unspecified atom stereocenters. The first-order valence-electron chi connectivity index (χ1n) is 8.71. The Balaban J connectivity index is 1.63. The third-order valence-electron chi connectivity index (χ3n) is 5.07. The van der Waals surface area contributed by atoms with Crippen LogP contribution in [0.2, 0.25) is 0 Å². The second-order valence-corrected chi connectivity index (χ2v) is 6.62. The van der Waals surface area contributed by atoms with Gasteiger partial charge in [0.15, 0.2) is 0 Å². The summed E-state index contributed by atoms with van der Waals surface area (Å²) in [5.74, 6) is 1.85. The van der Waals surface area contributed by atoms with E-state index in [0.29, 0.717) is 6.04 Å². The smallest absolute Gasteiger partial charge is 0.0622 e. The SMILES string of the molecule is CCCNC(COCCC1CCC1)C1CCCCC1. The summed E-state index contributed by atoms with van der Waals surface area (Å²) in [5, 5.41) is 3.73. The summed E-state index contributed by atoms with van der Waals surface area (Å²) in [4.78, 5) is 0. The molecule has 112 valence electrons. The topological polar surface area (TPSA) is 21.3 Å². The largest absolute Gasteiger partial charge is 0.380 e. The van der Waals surface area contributed by atoms with Gasteiger partial charge in [-0.1, -0.05) is 45.4 Å². The quantitative estimate of drug-likeness (QED) is 0.634. The van der Waals surface area contributed by atoms with Gasteiger partial charge in [-0.3, -0.25) is 0 Å². The molecule has 0 aromatic rings. The molecule has 0 aromatic heterocycles. The number of nitrogens with one attached hydrogen (secondary N) is 1. The predicted molar refractivity (Wildman–Crippen MR) is 81.4 cm³/mol. The minimum Gasteiger partial charge on any atom is -0.380 e. The van der Waals surface area contributed by atoms with Gasteiger partial charge in [0.05, 0.1) is 6.61 Å². The van der Waals surface area contributed by atoms with E-state index in [0.717, 1.165) is 31.6 Å². The van der Waals surface area contributed by atoms with E-state index in [4.69, 9.17) is 4.74 Å². The highest BCUT2D eigenvalue weighted by molar-refractivity contribution is 4.79. The summed E-state index contributed by atoms with van der Waals surface area (Å²) in [6, 6.07) is 0.613. The summed E-state index contributed by atoms with van der Waals surface area (Å²) in [6.07, 6.45) is 14.0. The maximum absolute atomic E-state index is 5.99. The van der Waals surface area contributed by atoms with Gasteiger partial charge in [-0.05, 0) is 44.1 Å². The van der Waals surface area contributed by atoms with Crippen molar-refractivity contribution in [2.45, 2.75) is 77.2 Å². The Labute approximate surface area is 119 Å². The van der Waals surface area contributed by atoms with Crippen molar-refractivity contribution in [3.63, 3.8) is 0 Å². The highest BCUT2D eigenvalue weighted by Gasteiger charge is 2.23. The molecular formula is C17H33NO. The van der Waals surface area contributed by atoms with Crippen molar-refractivity contribution in [2.24, 2.45) is 11.8 Å². The van der Waals surface area contributed by atoms with Crippen LogP contribution >= 0.6 is 0 Å². The van der Waals surface area contributed by atoms with E-state index < -0.39 is 0 Å². The number of rotatable bonds is 9. The van der Waals surface area contributed by atoms with Crippen LogP contribution in [0, 0.1) is 11.8 Å².